The van der Waals surface area contributed by atoms with Crippen molar-refractivity contribution < 1.29 is 28.7 Å². The fourth-order valence-electron chi connectivity index (χ4n) is 3.09. The smallest absolute Gasteiger partial charge is 0.415 e. The Bertz CT molecular complexity index is 1030. The predicted molar refractivity (Wildman–Crippen MR) is 118 cm³/mol. The molecule has 0 aromatic heterocycles. The molecule has 1 fully saturated rings. The number of hydrogen-bond acceptors (Lipinski definition) is 6. The molecular formula is C23H24N4O6. The van der Waals surface area contributed by atoms with Gasteiger partial charge < -0.3 is 14.8 Å². The Kier molecular flexibility index (Phi) is 8.12. The van der Waals surface area contributed by atoms with Gasteiger partial charge in [0.25, 0.3) is 0 Å². The van der Waals surface area contributed by atoms with E-state index in [0.29, 0.717) is 0 Å². The van der Waals surface area contributed by atoms with Crippen LogP contribution in [0.3, 0.4) is 0 Å². The molecule has 0 aliphatic carbocycles. The van der Waals surface area contributed by atoms with Crippen molar-refractivity contribution in [3.8, 4) is 0 Å². The van der Waals surface area contributed by atoms with E-state index in [-0.39, 0.29) is 31.9 Å². The summed E-state index contributed by atoms with van der Waals surface area (Å²) in [6.45, 7) is 0.0905. The number of piperidine rings is 1. The van der Waals surface area contributed by atoms with E-state index < -0.39 is 30.2 Å². The van der Waals surface area contributed by atoms with Crippen molar-refractivity contribution in [3.05, 3.63) is 71.8 Å². The van der Waals surface area contributed by atoms with Crippen LogP contribution in [0.4, 0.5) is 14.4 Å². The highest BCUT2D eigenvalue weighted by Crippen LogP contribution is 2.14. The number of amides is 5. The predicted octanol–water partition coefficient (Wildman–Crippen LogP) is 2.98. The van der Waals surface area contributed by atoms with Crippen molar-refractivity contribution in [2.45, 2.75) is 32.1 Å². The van der Waals surface area contributed by atoms with E-state index >= 15 is 0 Å². The van der Waals surface area contributed by atoms with Gasteiger partial charge in [0.2, 0.25) is 5.91 Å². The second-order valence-corrected chi connectivity index (χ2v) is 7.25. The Labute approximate surface area is 190 Å². The number of ether oxygens (including phenoxy) is 2. The number of amidine groups is 1. The highest BCUT2D eigenvalue weighted by molar-refractivity contribution is 6.08. The first-order valence-electron chi connectivity index (χ1n) is 10.3. The summed E-state index contributed by atoms with van der Waals surface area (Å²) in [7, 11) is 1.47. The van der Waals surface area contributed by atoms with Gasteiger partial charge in [-0.2, -0.15) is 4.99 Å². The van der Waals surface area contributed by atoms with Gasteiger partial charge >= 0.3 is 18.2 Å². The van der Waals surface area contributed by atoms with Gasteiger partial charge in [-0.05, 0) is 17.5 Å². The average molecular weight is 452 g/mol. The third-order valence-electron chi connectivity index (χ3n) is 4.84. The van der Waals surface area contributed by atoms with Crippen LogP contribution in [-0.2, 0) is 27.5 Å². The molecular weight excluding hydrogens is 428 g/mol. The minimum absolute atomic E-state index is 0.00163. The van der Waals surface area contributed by atoms with Crippen LogP contribution in [0.1, 0.15) is 24.0 Å². The Morgan fingerprint density at radius 2 is 1.58 bits per heavy atom. The lowest BCUT2D eigenvalue weighted by molar-refractivity contribution is -0.125. The Hall–Kier alpha value is -4.21. The molecule has 10 nitrogen and oxygen atoms in total. The Balaban J connectivity index is 1.44. The number of nitrogens with zero attached hydrogens (tertiary/aromatic N) is 2. The number of imide groups is 1. The zero-order valence-electron chi connectivity index (χ0n) is 18.0. The summed E-state index contributed by atoms with van der Waals surface area (Å²) in [5.41, 5.74) is 1.60. The lowest BCUT2D eigenvalue weighted by Gasteiger charge is -2.30. The molecule has 10 heteroatoms. The number of aliphatic imine (C=N–C) groups is 1. The fraction of sp³-hybridized carbons (Fsp3) is 0.261. The van der Waals surface area contributed by atoms with Crippen LogP contribution in [0.2, 0.25) is 0 Å². The summed E-state index contributed by atoms with van der Waals surface area (Å²) in [6, 6.07) is 16.4. The number of nitrogens with one attached hydrogen (secondary N) is 2. The molecule has 2 aromatic rings. The Morgan fingerprint density at radius 3 is 2.15 bits per heavy atom. The topological polar surface area (TPSA) is 126 Å². The molecule has 1 aliphatic heterocycles. The zero-order chi connectivity index (χ0) is 23.6. The monoisotopic (exact) mass is 452 g/mol. The molecule has 2 aromatic carbocycles. The molecule has 0 unspecified atom stereocenters. The van der Waals surface area contributed by atoms with Crippen molar-refractivity contribution in [2.75, 3.05) is 7.05 Å². The van der Waals surface area contributed by atoms with E-state index in [2.05, 4.69) is 10.3 Å². The minimum Gasteiger partial charge on any atom is -0.445 e. The van der Waals surface area contributed by atoms with Crippen molar-refractivity contribution >= 4 is 30.0 Å². The minimum atomic E-state index is -0.961. The largest absolute Gasteiger partial charge is 0.445 e. The molecule has 1 heterocycles. The molecule has 1 atom stereocenters. The highest BCUT2D eigenvalue weighted by atomic mass is 16.6. The normalized spacial score (nSPS) is 16.5. The Morgan fingerprint density at radius 1 is 1.00 bits per heavy atom. The SMILES string of the molecule is CN(C(=O)OCc1ccccc1)[C@H]1CC/C(=N\C(=O)NC(=O)OCc2ccccc2)NC1=O. The fourth-order valence-corrected chi connectivity index (χ4v) is 3.09. The van der Waals surface area contributed by atoms with Crippen LogP contribution in [0, 0.1) is 0 Å². The van der Waals surface area contributed by atoms with Crippen LogP contribution in [0.15, 0.2) is 65.7 Å². The van der Waals surface area contributed by atoms with Crippen LogP contribution >= 0.6 is 0 Å². The summed E-state index contributed by atoms with van der Waals surface area (Å²) in [6.07, 6.45) is -1.13. The average Bonchev–Trinajstić information content (AvgIpc) is 2.82. The van der Waals surface area contributed by atoms with Gasteiger partial charge in [-0.1, -0.05) is 60.7 Å². The first-order chi connectivity index (χ1) is 15.9. The molecule has 1 saturated heterocycles. The number of carbonyl (C=O) groups is 4. The third-order valence-corrected chi connectivity index (χ3v) is 4.84. The quantitative estimate of drug-likeness (QED) is 0.718. The van der Waals surface area contributed by atoms with Crippen LogP contribution < -0.4 is 10.6 Å². The van der Waals surface area contributed by atoms with Crippen molar-refractivity contribution in [2.24, 2.45) is 4.99 Å². The second-order valence-electron chi connectivity index (χ2n) is 7.25. The summed E-state index contributed by atoms with van der Waals surface area (Å²) in [5.74, 6) is -0.408. The van der Waals surface area contributed by atoms with E-state index in [1.807, 2.05) is 41.7 Å². The number of hydrogen-bond donors (Lipinski definition) is 2. The maximum absolute atomic E-state index is 12.4. The maximum atomic E-state index is 12.4. The summed E-state index contributed by atoms with van der Waals surface area (Å²) in [5, 5.41) is 4.46. The molecule has 0 bridgehead atoms. The molecule has 0 spiro atoms. The van der Waals surface area contributed by atoms with Crippen LogP contribution in [0.5, 0.6) is 0 Å². The zero-order valence-corrected chi connectivity index (χ0v) is 18.0. The van der Waals surface area contributed by atoms with Gasteiger partial charge in [0.1, 0.15) is 25.1 Å². The van der Waals surface area contributed by atoms with E-state index in [0.717, 1.165) is 11.1 Å². The highest BCUT2D eigenvalue weighted by Gasteiger charge is 2.32. The van der Waals surface area contributed by atoms with Crippen molar-refractivity contribution in [1.82, 2.24) is 15.5 Å². The number of carbonyl (C=O) groups excluding carboxylic acids is 4. The first kappa shape index (κ1) is 23.5. The van der Waals surface area contributed by atoms with E-state index in [1.54, 1.807) is 24.3 Å². The summed E-state index contributed by atoms with van der Waals surface area (Å²) in [4.78, 5) is 53.3. The molecule has 2 N–H and O–H groups in total. The first-order valence-corrected chi connectivity index (χ1v) is 10.3. The van der Waals surface area contributed by atoms with Crippen molar-refractivity contribution in [1.29, 1.82) is 0 Å². The van der Waals surface area contributed by atoms with Crippen molar-refractivity contribution in [3.63, 3.8) is 0 Å². The maximum Gasteiger partial charge on any atom is 0.415 e. The number of alkyl carbamates (subject to hydrolysis) is 1. The number of benzene rings is 2. The molecule has 0 saturated carbocycles. The van der Waals surface area contributed by atoms with E-state index in [4.69, 9.17) is 9.47 Å². The van der Waals surface area contributed by atoms with E-state index in [1.165, 1.54) is 11.9 Å². The standard InChI is InChI=1S/C23H24N4O6/c1-27(23(31)33-15-17-10-6-3-7-11-17)18-12-13-19(24-20(18)28)25-21(29)26-22(30)32-14-16-8-4-2-5-9-16/h2-11,18H,12-15H2,1H3,(H2,24,25,26,28,29,30)/t18-/m0/s1. The molecule has 172 valence electrons. The number of rotatable bonds is 5. The molecule has 3 rings (SSSR count). The molecule has 1 aliphatic rings. The molecule has 33 heavy (non-hydrogen) atoms. The van der Waals surface area contributed by atoms with Gasteiger partial charge in [0.05, 0.1) is 0 Å². The lowest BCUT2D eigenvalue weighted by atomic mass is 10.0. The molecule has 5 amide bonds. The second kappa shape index (κ2) is 11.4. The van der Waals surface area contributed by atoms with Gasteiger partial charge in [-0.25, -0.2) is 19.7 Å². The van der Waals surface area contributed by atoms with Crippen LogP contribution in [0.25, 0.3) is 0 Å². The van der Waals surface area contributed by atoms with Gasteiger partial charge in [0.15, 0.2) is 0 Å². The van der Waals surface area contributed by atoms with E-state index in [9.17, 15) is 19.2 Å². The molecule has 0 radical (unpaired) electrons. The van der Waals surface area contributed by atoms with Gasteiger partial charge in [-0.15, -0.1) is 0 Å². The third kappa shape index (κ3) is 7.17. The summed E-state index contributed by atoms with van der Waals surface area (Å²) >= 11 is 0. The lowest BCUT2D eigenvalue weighted by Crippen LogP contribution is -2.53. The number of likely N-dealkylation sites (N-methyl/N-ethyl adjacent to an activating group) is 1. The summed E-state index contributed by atoms with van der Waals surface area (Å²) < 4.78 is 10.2. The number of urea groups is 1. The van der Waals surface area contributed by atoms with Crippen LogP contribution in [-0.4, -0.2) is 47.9 Å². The van der Waals surface area contributed by atoms with Gasteiger partial charge in [0, 0.05) is 13.5 Å². The van der Waals surface area contributed by atoms with Gasteiger partial charge in [-0.3, -0.25) is 9.69 Å².